The first-order chi connectivity index (χ1) is 21.1. The Balaban J connectivity index is 1.61. The molecule has 1 atom stereocenters. The van der Waals surface area contributed by atoms with E-state index in [1.807, 2.05) is 80.6 Å². The van der Waals surface area contributed by atoms with Crippen LogP contribution in [0, 0.1) is 13.8 Å². The molecule has 0 spiro atoms. The lowest BCUT2D eigenvalue weighted by atomic mass is 10.0. The second-order valence-corrected chi connectivity index (χ2v) is 13.6. The number of sulfonamides is 1. The van der Waals surface area contributed by atoms with Gasteiger partial charge in [-0.2, -0.15) is 0 Å². The first kappa shape index (κ1) is 33.1. The second kappa shape index (κ2) is 15.2. The molecule has 0 heterocycles. The van der Waals surface area contributed by atoms with Crippen molar-refractivity contribution in [2.24, 2.45) is 0 Å². The number of hydrogen-bond donors (Lipinski definition) is 1. The quantitative estimate of drug-likeness (QED) is 0.255. The van der Waals surface area contributed by atoms with Gasteiger partial charge in [-0.3, -0.25) is 13.9 Å². The van der Waals surface area contributed by atoms with Crippen LogP contribution in [0.1, 0.15) is 60.8 Å². The number of hydrogen-bond acceptors (Lipinski definition) is 5. The molecule has 0 bridgehead atoms. The van der Waals surface area contributed by atoms with E-state index in [9.17, 15) is 18.0 Å². The van der Waals surface area contributed by atoms with Gasteiger partial charge < -0.3 is 15.0 Å². The van der Waals surface area contributed by atoms with Gasteiger partial charge in [0.1, 0.15) is 11.8 Å². The summed E-state index contributed by atoms with van der Waals surface area (Å²) in [7, 11) is -1.99. The summed E-state index contributed by atoms with van der Waals surface area (Å²) >= 11 is 0. The molecule has 3 aromatic carbocycles. The molecule has 0 radical (unpaired) electrons. The molecular weight excluding hydrogens is 574 g/mol. The van der Waals surface area contributed by atoms with E-state index in [2.05, 4.69) is 5.32 Å². The zero-order valence-corrected chi connectivity index (χ0v) is 27.1. The summed E-state index contributed by atoms with van der Waals surface area (Å²) in [4.78, 5) is 29.7. The predicted molar refractivity (Wildman–Crippen MR) is 175 cm³/mol. The minimum absolute atomic E-state index is 0.0862. The molecule has 236 valence electrons. The van der Waals surface area contributed by atoms with Crippen LogP contribution in [0.25, 0.3) is 0 Å². The molecule has 1 N–H and O–H groups in total. The summed E-state index contributed by atoms with van der Waals surface area (Å²) < 4.78 is 32.5. The van der Waals surface area contributed by atoms with Crippen molar-refractivity contribution in [2.75, 3.05) is 24.2 Å². The largest absolute Gasteiger partial charge is 0.497 e. The van der Waals surface area contributed by atoms with Gasteiger partial charge >= 0.3 is 0 Å². The van der Waals surface area contributed by atoms with Gasteiger partial charge in [0, 0.05) is 32.0 Å². The molecule has 44 heavy (non-hydrogen) atoms. The molecule has 1 saturated carbocycles. The molecule has 1 aliphatic rings. The van der Waals surface area contributed by atoms with Crippen molar-refractivity contribution in [1.29, 1.82) is 0 Å². The molecule has 0 aromatic heterocycles. The highest BCUT2D eigenvalue weighted by Gasteiger charge is 2.32. The van der Waals surface area contributed by atoms with Crippen LogP contribution in [0.2, 0.25) is 0 Å². The van der Waals surface area contributed by atoms with Crippen LogP contribution >= 0.6 is 0 Å². The number of benzene rings is 3. The molecule has 1 fully saturated rings. The molecule has 9 heteroatoms. The molecule has 0 aliphatic heterocycles. The van der Waals surface area contributed by atoms with E-state index in [0.29, 0.717) is 24.3 Å². The lowest BCUT2D eigenvalue weighted by Crippen LogP contribution is -2.52. The van der Waals surface area contributed by atoms with Crippen molar-refractivity contribution in [3.8, 4) is 5.75 Å². The smallest absolute Gasteiger partial charge is 0.243 e. The summed E-state index contributed by atoms with van der Waals surface area (Å²) in [6.45, 7) is 4.22. The number of carbonyl (C=O) groups excluding carboxylic acids is 2. The average molecular weight is 620 g/mol. The van der Waals surface area contributed by atoms with Gasteiger partial charge in [0.25, 0.3) is 0 Å². The van der Waals surface area contributed by atoms with Crippen LogP contribution in [0.3, 0.4) is 0 Å². The highest BCUT2D eigenvalue weighted by molar-refractivity contribution is 7.92. The van der Waals surface area contributed by atoms with E-state index < -0.39 is 16.1 Å². The van der Waals surface area contributed by atoms with E-state index in [-0.39, 0.29) is 37.4 Å². The van der Waals surface area contributed by atoms with Crippen LogP contribution in [-0.2, 0) is 32.6 Å². The number of aryl methyl sites for hydroxylation is 1. The summed E-state index contributed by atoms with van der Waals surface area (Å²) in [5.74, 6) is 0.303. The van der Waals surface area contributed by atoms with E-state index in [4.69, 9.17) is 4.74 Å². The summed E-state index contributed by atoms with van der Waals surface area (Å²) in [5.41, 5.74) is 4.30. The number of anilines is 1. The van der Waals surface area contributed by atoms with Gasteiger partial charge in [-0.25, -0.2) is 8.42 Å². The van der Waals surface area contributed by atoms with Crippen molar-refractivity contribution in [3.63, 3.8) is 0 Å². The fraction of sp³-hybridized carbons (Fsp3) is 0.429. The third-order valence-corrected chi connectivity index (χ3v) is 9.64. The van der Waals surface area contributed by atoms with Gasteiger partial charge in [0.2, 0.25) is 21.8 Å². The lowest BCUT2D eigenvalue weighted by molar-refractivity contribution is -0.141. The first-order valence-corrected chi connectivity index (χ1v) is 17.2. The third-order valence-electron chi connectivity index (χ3n) is 8.46. The Labute approximate surface area is 262 Å². The van der Waals surface area contributed by atoms with Crippen LogP contribution in [-0.4, -0.2) is 57.1 Å². The minimum atomic E-state index is -3.59. The van der Waals surface area contributed by atoms with Gasteiger partial charge in [-0.05, 0) is 73.6 Å². The van der Waals surface area contributed by atoms with E-state index >= 15 is 0 Å². The maximum absolute atomic E-state index is 14.1. The van der Waals surface area contributed by atoms with Crippen molar-refractivity contribution >= 4 is 27.5 Å². The fourth-order valence-corrected chi connectivity index (χ4v) is 6.89. The van der Waals surface area contributed by atoms with Gasteiger partial charge in [0.05, 0.1) is 19.1 Å². The topological polar surface area (TPSA) is 96.0 Å². The maximum Gasteiger partial charge on any atom is 0.243 e. The lowest BCUT2D eigenvalue weighted by Gasteiger charge is -2.33. The van der Waals surface area contributed by atoms with E-state index in [1.54, 1.807) is 18.1 Å². The normalized spacial score (nSPS) is 14.2. The van der Waals surface area contributed by atoms with Crippen molar-refractivity contribution in [2.45, 2.75) is 77.4 Å². The van der Waals surface area contributed by atoms with Crippen molar-refractivity contribution < 1.29 is 22.7 Å². The maximum atomic E-state index is 14.1. The number of methoxy groups -OCH3 is 1. The Kier molecular flexibility index (Phi) is 11.4. The van der Waals surface area contributed by atoms with Gasteiger partial charge in [0.15, 0.2) is 0 Å². The molecule has 0 saturated heterocycles. The number of nitrogens with one attached hydrogen (secondary N) is 1. The zero-order chi connectivity index (χ0) is 31.7. The second-order valence-electron chi connectivity index (χ2n) is 11.7. The number of nitrogens with zero attached hydrogens (tertiary/aromatic N) is 2. The monoisotopic (exact) mass is 619 g/mol. The fourth-order valence-electron chi connectivity index (χ4n) is 5.88. The molecule has 3 aromatic rings. The number of amides is 2. The minimum Gasteiger partial charge on any atom is -0.497 e. The Morgan fingerprint density at radius 3 is 2.32 bits per heavy atom. The predicted octanol–water partition coefficient (Wildman–Crippen LogP) is 5.56. The van der Waals surface area contributed by atoms with Crippen LogP contribution < -0.4 is 14.4 Å². The highest BCUT2D eigenvalue weighted by Crippen LogP contribution is 2.26. The van der Waals surface area contributed by atoms with Crippen molar-refractivity contribution in [1.82, 2.24) is 10.2 Å². The highest BCUT2D eigenvalue weighted by atomic mass is 32.2. The molecule has 0 unspecified atom stereocenters. The standard InChI is InChI=1S/C35H45N3O5S/c1-26-13-10-20-32(27(26)2)38(44(4,41)42)22-12-21-34(39)37(25-29-16-11-19-31(23-29)43-3)33(24-28-14-6-5-7-15-28)35(40)36-30-17-8-9-18-30/h5-7,10-11,13-16,19-20,23,30,33H,8-9,12,17-18,21-22,24-25H2,1-4H3,(H,36,40)/t33-/m0/s1. The first-order valence-electron chi connectivity index (χ1n) is 15.4. The Morgan fingerprint density at radius 2 is 1.64 bits per heavy atom. The van der Waals surface area contributed by atoms with Crippen LogP contribution in [0.15, 0.2) is 72.8 Å². The number of carbonyl (C=O) groups is 2. The van der Waals surface area contributed by atoms with Crippen molar-refractivity contribution in [3.05, 3.63) is 95.1 Å². The number of ether oxygens (including phenoxy) is 1. The van der Waals surface area contributed by atoms with Crippen LogP contribution in [0.5, 0.6) is 5.75 Å². The molecule has 8 nitrogen and oxygen atoms in total. The third kappa shape index (κ3) is 8.85. The molecular formula is C35H45N3O5S. The average Bonchev–Trinajstić information content (AvgIpc) is 3.51. The Hall–Kier alpha value is -3.85. The van der Waals surface area contributed by atoms with Gasteiger partial charge in [-0.15, -0.1) is 0 Å². The van der Waals surface area contributed by atoms with E-state index in [0.717, 1.165) is 47.9 Å². The molecule has 1 aliphatic carbocycles. The van der Waals surface area contributed by atoms with Crippen LogP contribution in [0.4, 0.5) is 5.69 Å². The Morgan fingerprint density at radius 1 is 0.955 bits per heavy atom. The molecule has 2 amide bonds. The number of rotatable bonds is 14. The summed E-state index contributed by atoms with van der Waals surface area (Å²) in [5, 5.41) is 3.23. The Bertz CT molecular complexity index is 1520. The van der Waals surface area contributed by atoms with Gasteiger partial charge in [-0.1, -0.05) is 67.4 Å². The SMILES string of the molecule is COc1cccc(CN(C(=O)CCCN(c2cccc(C)c2C)S(C)(=O)=O)[C@@H](Cc2ccccc2)C(=O)NC2CCCC2)c1. The molecule has 4 rings (SSSR count). The zero-order valence-electron chi connectivity index (χ0n) is 26.3. The van der Waals surface area contributed by atoms with E-state index in [1.165, 1.54) is 10.6 Å². The summed E-state index contributed by atoms with van der Waals surface area (Å²) in [6.07, 6.45) is 5.98. The summed E-state index contributed by atoms with van der Waals surface area (Å²) in [6, 6.07) is 22.2.